The van der Waals surface area contributed by atoms with Crippen LogP contribution in [0, 0.1) is 0 Å². The Balaban J connectivity index is 1.91. The van der Waals surface area contributed by atoms with Crippen molar-refractivity contribution in [2.24, 2.45) is 0 Å². The molecule has 0 N–H and O–H groups in total. The van der Waals surface area contributed by atoms with Gasteiger partial charge in [0.05, 0.1) is 19.4 Å². The Morgan fingerprint density at radius 1 is 1.43 bits per heavy atom. The zero-order valence-electron chi connectivity index (χ0n) is 13.9. The van der Waals surface area contributed by atoms with Crippen LogP contribution in [0.5, 0.6) is 5.75 Å². The minimum Gasteiger partial charge on any atom is -0.497 e. The summed E-state index contributed by atoms with van der Waals surface area (Å²) in [5, 5.41) is 8.02. The monoisotopic (exact) mass is 334 g/mol. The fourth-order valence-corrected chi connectivity index (χ4v) is 2.94. The number of rotatable bonds is 7. The number of thioether (sulfide) groups is 1. The summed E-state index contributed by atoms with van der Waals surface area (Å²) in [5.41, 5.74) is 0. The fourth-order valence-electron chi connectivity index (χ4n) is 2.06. The van der Waals surface area contributed by atoms with E-state index < -0.39 is 0 Å². The van der Waals surface area contributed by atoms with Gasteiger partial charge >= 0.3 is 0 Å². The number of aromatic nitrogens is 3. The number of hydrogen-bond donors (Lipinski definition) is 0. The van der Waals surface area contributed by atoms with Crippen LogP contribution >= 0.6 is 11.8 Å². The first-order valence-corrected chi connectivity index (χ1v) is 8.39. The second-order valence-corrected chi connectivity index (χ2v) is 6.51. The van der Waals surface area contributed by atoms with Gasteiger partial charge in [0.15, 0.2) is 5.82 Å². The first-order valence-electron chi connectivity index (χ1n) is 7.40. The van der Waals surface area contributed by atoms with E-state index in [0.29, 0.717) is 12.3 Å². The highest BCUT2D eigenvalue weighted by atomic mass is 32.2. The van der Waals surface area contributed by atoms with Crippen molar-refractivity contribution in [2.45, 2.75) is 31.3 Å². The number of carbonyl (C=O) groups excluding carboxylic acids is 1. The van der Waals surface area contributed by atoms with Crippen molar-refractivity contribution in [3.63, 3.8) is 0 Å². The lowest BCUT2D eigenvalue weighted by atomic mass is 10.3. The van der Waals surface area contributed by atoms with Crippen LogP contribution < -0.4 is 4.74 Å². The molecule has 0 aliphatic rings. The molecule has 7 heteroatoms. The molecule has 2 aromatic rings. The minimum atomic E-state index is 0.0520. The molecule has 6 nitrogen and oxygen atoms in total. The van der Waals surface area contributed by atoms with Crippen molar-refractivity contribution in [3.05, 3.63) is 36.4 Å². The lowest BCUT2D eigenvalue weighted by Gasteiger charge is -2.18. The van der Waals surface area contributed by atoms with E-state index in [-0.39, 0.29) is 11.9 Å². The van der Waals surface area contributed by atoms with Crippen LogP contribution in [0.15, 0.2) is 35.5 Å². The maximum Gasteiger partial charge on any atom is 0.233 e. The highest BCUT2D eigenvalue weighted by Gasteiger charge is 2.14. The van der Waals surface area contributed by atoms with Gasteiger partial charge in [-0.05, 0) is 32.0 Å². The van der Waals surface area contributed by atoms with E-state index in [2.05, 4.69) is 24.0 Å². The number of methoxy groups -OCH3 is 1. The Kier molecular flexibility index (Phi) is 6.04. The number of amides is 1. The summed E-state index contributed by atoms with van der Waals surface area (Å²) >= 11 is 1.50. The van der Waals surface area contributed by atoms with Crippen LogP contribution in [-0.2, 0) is 11.3 Å². The largest absolute Gasteiger partial charge is 0.497 e. The molecule has 0 radical (unpaired) electrons. The summed E-state index contributed by atoms with van der Waals surface area (Å²) in [6, 6.07) is 7.97. The summed E-state index contributed by atoms with van der Waals surface area (Å²) in [4.78, 5) is 15.0. The number of benzene rings is 1. The molecule has 23 heavy (non-hydrogen) atoms. The topological polar surface area (TPSA) is 60.2 Å². The van der Waals surface area contributed by atoms with Crippen LogP contribution in [0.1, 0.15) is 25.7 Å². The predicted molar refractivity (Wildman–Crippen MR) is 90.6 cm³/mol. The Bertz CT molecular complexity index is 657. The van der Waals surface area contributed by atoms with E-state index in [0.717, 1.165) is 16.5 Å². The maximum absolute atomic E-state index is 12.3. The van der Waals surface area contributed by atoms with Gasteiger partial charge in [0.2, 0.25) is 5.91 Å². The molecule has 1 aromatic carbocycles. The number of nitrogens with zero attached hydrogens (tertiary/aromatic N) is 4. The van der Waals surface area contributed by atoms with Crippen molar-refractivity contribution >= 4 is 17.7 Å². The summed E-state index contributed by atoms with van der Waals surface area (Å²) < 4.78 is 7.16. The Morgan fingerprint density at radius 2 is 2.22 bits per heavy atom. The standard InChI is InChI=1S/C16H22N4O2S/c1-12(2)20-11-17-18-15(20)9-19(3)16(21)10-23-14-7-5-6-13(8-14)22-4/h5-8,11-12H,9-10H2,1-4H3. The molecule has 124 valence electrons. The van der Waals surface area contributed by atoms with Gasteiger partial charge < -0.3 is 14.2 Å². The third-order valence-electron chi connectivity index (χ3n) is 3.41. The van der Waals surface area contributed by atoms with E-state index >= 15 is 0 Å². The van der Waals surface area contributed by atoms with Crippen molar-refractivity contribution in [1.29, 1.82) is 0 Å². The van der Waals surface area contributed by atoms with E-state index in [1.54, 1.807) is 25.4 Å². The Labute approximate surface area is 140 Å². The molecular weight excluding hydrogens is 312 g/mol. The number of hydrogen-bond acceptors (Lipinski definition) is 5. The van der Waals surface area contributed by atoms with Gasteiger partial charge in [-0.25, -0.2) is 0 Å². The summed E-state index contributed by atoms with van der Waals surface area (Å²) in [6.07, 6.45) is 1.70. The lowest BCUT2D eigenvalue weighted by molar-refractivity contribution is -0.127. The first kappa shape index (κ1) is 17.3. The second kappa shape index (κ2) is 8.01. The van der Waals surface area contributed by atoms with Crippen molar-refractivity contribution < 1.29 is 9.53 Å². The second-order valence-electron chi connectivity index (χ2n) is 5.47. The minimum absolute atomic E-state index is 0.0520. The SMILES string of the molecule is COc1cccc(SCC(=O)N(C)Cc2nncn2C(C)C)c1. The normalized spacial score (nSPS) is 10.8. The molecule has 0 bridgehead atoms. The zero-order chi connectivity index (χ0) is 16.8. The van der Waals surface area contributed by atoms with E-state index in [1.807, 2.05) is 28.8 Å². The summed E-state index contributed by atoms with van der Waals surface area (Å²) in [7, 11) is 3.42. The van der Waals surface area contributed by atoms with E-state index in [1.165, 1.54) is 11.8 Å². The third kappa shape index (κ3) is 4.72. The van der Waals surface area contributed by atoms with Gasteiger partial charge in [-0.1, -0.05) is 6.07 Å². The molecule has 0 aliphatic carbocycles. The molecule has 1 aromatic heterocycles. The van der Waals surface area contributed by atoms with E-state index in [9.17, 15) is 4.79 Å². The summed E-state index contributed by atoms with van der Waals surface area (Å²) in [6.45, 7) is 4.58. The Morgan fingerprint density at radius 3 is 2.91 bits per heavy atom. The van der Waals surface area contributed by atoms with Crippen LogP contribution in [0.25, 0.3) is 0 Å². The smallest absolute Gasteiger partial charge is 0.233 e. The Hall–Kier alpha value is -2.02. The molecule has 0 spiro atoms. The van der Waals surface area contributed by atoms with Crippen molar-refractivity contribution in [3.8, 4) is 5.75 Å². The van der Waals surface area contributed by atoms with Crippen LogP contribution in [0.4, 0.5) is 0 Å². The van der Waals surface area contributed by atoms with Gasteiger partial charge in [-0.2, -0.15) is 0 Å². The fraction of sp³-hybridized carbons (Fsp3) is 0.438. The molecule has 0 unspecified atom stereocenters. The molecule has 2 rings (SSSR count). The van der Waals surface area contributed by atoms with Gasteiger partial charge in [0.25, 0.3) is 0 Å². The highest BCUT2D eigenvalue weighted by molar-refractivity contribution is 8.00. The average Bonchev–Trinajstić information content (AvgIpc) is 3.01. The summed E-state index contributed by atoms with van der Waals surface area (Å²) in [5.74, 6) is 2.01. The van der Waals surface area contributed by atoms with Crippen molar-refractivity contribution in [1.82, 2.24) is 19.7 Å². The molecular formula is C16H22N4O2S. The van der Waals surface area contributed by atoms with Crippen LogP contribution in [0.3, 0.4) is 0 Å². The first-order chi connectivity index (χ1) is 11.0. The molecule has 0 saturated heterocycles. The van der Waals surface area contributed by atoms with Crippen LogP contribution in [0.2, 0.25) is 0 Å². The quantitative estimate of drug-likeness (QED) is 0.729. The molecule has 1 amide bonds. The molecule has 0 aliphatic heterocycles. The third-order valence-corrected chi connectivity index (χ3v) is 4.39. The molecule has 0 atom stereocenters. The number of carbonyl (C=O) groups is 1. The van der Waals surface area contributed by atoms with Gasteiger partial charge in [0.1, 0.15) is 12.1 Å². The van der Waals surface area contributed by atoms with Crippen LogP contribution in [-0.4, -0.2) is 45.5 Å². The molecule has 0 fully saturated rings. The number of ether oxygens (including phenoxy) is 1. The van der Waals surface area contributed by atoms with Gasteiger partial charge in [-0.15, -0.1) is 22.0 Å². The van der Waals surface area contributed by atoms with E-state index in [4.69, 9.17) is 4.74 Å². The average molecular weight is 334 g/mol. The highest BCUT2D eigenvalue weighted by Crippen LogP contribution is 2.23. The van der Waals surface area contributed by atoms with Gasteiger partial charge in [0, 0.05) is 18.0 Å². The predicted octanol–water partition coefficient (Wildman–Crippen LogP) is 2.62. The maximum atomic E-state index is 12.3. The van der Waals surface area contributed by atoms with Crippen molar-refractivity contribution in [2.75, 3.05) is 19.9 Å². The zero-order valence-corrected chi connectivity index (χ0v) is 14.7. The van der Waals surface area contributed by atoms with Gasteiger partial charge in [-0.3, -0.25) is 4.79 Å². The molecule has 0 saturated carbocycles. The lowest BCUT2D eigenvalue weighted by Crippen LogP contribution is -2.29. The molecule has 1 heterocycles.